The zero-order chi connectivity index (χ0) is 8.81. The number of oxime groups is 1. The second-order valence-electron chi connectivity index (χ2n) is 3.50. The van der Waals surface area contributed by atoms with E-state index in [4.69, 9.17) is 5.21 Å². The van der Waals surface area contributed by atoms with Gasteiger partial charge in [-0.05, 0) is 31.8 Å². The molecule has 0 spiro atoms. The maximum absolute atomic E-state index is 8.40. The van der Waals surface area contributed by atoms with Crippen molar-refractivity contribution in [2.24, 2.45) is 11.1 Å². The largest absolute Gasteiger partial charge is 0.411 e. The molecule has 0 aromatic heterocycles. The molecule has 2 nitrogen and oxygen atoms in total. The maximum atomic E-state index is 8.40. The molecule has 1 aliphatic rings. The van der Waals surface area contributed by atoms with Crippen LogP contribution in [-0.2, 0) is 0 Å². The molecule has 0 bridgehead atoms. The van der Waals surface area contributed by atoms with Crippen LogP contribution in [0.4, 0.5) is 0 Å². The topological polar surface area (TPSA) is 32.6 Å². The van der Waals surface area contributed by atoms with E-state index in [9.17, 15) is 0 Å². The van der Waals surface area contributed by atoms with Gasteiger partial charge in [-0.15, -0.1) is 0 Å². The lowest BCUT2D eigenvalue weighted by Crippen LogP contribution is -2.03. The monoisotopic (exact) mass is 167 g/mol. The number of hydrogen-bond donors (Lipinski definition) is 1. The van der Waals surface area contributed by atoms with Crippen LogP contribution in [0.5, 0.6) is 0 Å². The van der Waals surface area contributed by atoms with E-state index < -0.39 is 0 Å². The summed E-state index contributed by atoms with van der Waals surface area (Å²) >= 11 is 0. The number of hydrogen-bond acceptors (Lipinski definition) is 2. The summed E-state index contributed by atoms with van der Waals surface area (Å²) in [5.41, 5.74) is 0.695. The fourth-order valence-corrected chi connectivity index (χ4v) is 1.64. The summed E-state index contributed by atoms with van der Waals surface area (Å²) in [5, 5.41) is 11.5. The third-order valence-electron chi connectivity index (χ3n) is 2.42. The van der Waals surface area contributed by atoms with Crippen molar-refractivity contribution >= 4 is 5.71 Å². The van der Waals surface area contributed by atoms with Crippen LogP contribution in [0.25, 0.3) is 0 Å². The summed E-state index contributed by atoms with van der Waals surface area (Å²) in [4.78, 5) is 0. The SMILES string of the molecule is CC(/C=C/C1CCCCC1)=N\O. The zero-order valence-electron chi connectivity index (χ0n) is 7.66. The molecule has 1 N–H and O–H groups in total. The van der Waals surface area contributed by atoms with Crippen molar-refractivity contribution in [1.82, 2.24) is 0 Å². The standard InChI is InChI=1S/C10H17NO/c1-9(11-12)7-8-10-5-3-2-4-6-10/h7-8,10,12H,2-6H2,1H3/b8-7+,11-9+. The van der Waals surface area contributed by atoms with Crippen LogP contribution in [0.2, 0.25) is 0 Å². The number of allylic oxidation sites excluding steroid dienone is 2. The molecule has 0 amide bonds. The lowest BCUT2D eigenvalue weighted by atomic mass is 9.89. The Hall–Kier alpha value is -0.790. The molecule has 0 unspecified atom stereocenters. The summed E-state index contributed by atoms with van der Waals surface area (Å²) in [6.07, 6.45) is 10.8. The Labute approximate surface area is 74.0 Å². The third-order valence-corrected chi connectivity index (χ3v) is 2.42. The van der Waals surface area contributed by atoms with Crippen LogP contribution >= 0.6 is 0 Å². The van der Waals surface area contributed by atoms with E-state index in [1.807, 2.05) is 6.08 Å². The highest BCUT2D eigenvalue weighted by Crippen LogP contribution is 2.24. The summed E-state index contributed by atoms with van der Waals surface area (Å²) in [6.45, 7) is 1.80. The van der Waals surface area contributed by atoms with Crippen LogP contribution in [0.3, 0.4) is 0 Å². The van der Waals surface area contributed by atoms with Gasteiger partial charge in [-0.2, -0.15) is 0 Å². The van der Waals surface area contributed by atoms with Crippen molar-refractivity contribution in [3.8, 4) is 0 Å². The van der Waals surface area contributed by atoms with Crippen molar-refractivity contribution in [1.29, 1.82) is 0 Å². The Morgan fingerprint density at radius 2 is 2.00 bits per heavy atom. The minimum Gasteiger partial charge on any atom is -0.411 e. The van der Waals surface area contributed by atoms with Gasteiger partial charge in [-0.3, -0.25) is 0 Å². The lowest BCUT2D eigenvalue weighted by molar-refractivity contribution is 0.319. The van der Waals surface area contributed by atoms with Gasteiger partial charge in [0.05, 0.1) is 5.71 Å². The van der Waals surface area contributed by atoms with Crippen molar-refractivity contribution in [3.63, 3.8) is 0 Å². The molecule has 0 aromatic rings. The molecule has 2 heteroatoms. The van der Waals surface area contributed by atoms with Crippen molar-refractivity contribution < 1.29 is 5.21 Å². The van der Waals surface area contributed by atoms with E-state index in [1.54, 1.807) is 6.92 Å². The van der Waals surface area contributed by atoms with Crippen LogP contribution in [0.15, 0.2) is 17.3 Å². The highest BCUT2D eigenvalue weighted by atomic mass is 16.4. The lowest BCUT2D eigenvalue weighted by Gasteiger charge is -2.17. The molecule has 0 radical (unpaired) electrons. The molecular weight excluding hydrogens is 150 g/mol. The zero-order valence-corrected chi connectivity index (χ0v) is 7.66. The van der Waals surface area contributed by atoms with Gasteiger partial charge in [0.1, 0.15) is 0 Å². The Morgan fingerprint density at radius 3 is 2.58 bits per heavy atom. The van der Waals surface area contributed by atoms with Gasteiger partial charge in [-0.1, -0.05) is 30.5 Å². The predicted octanol–water partition coefficient (Wildman–Crippen LogP) is 2.97. The third kappa shape index (κ3) is 3.07. The van der Waals surface area contributed by atoms with E-state index >= 15 is 0 Å². The summed E-state index contributed by atoms with van der Waals surface area (Å²) in [5.74, 6) is 0.718. The maximum Gasteiger partial charge on any atom is 0.0761 e. The summed E-state index contributed by atoms with van der Waals surface area (Å²) in [7, 11) is 0. The smallest absolute Gasteiger partial charge is 0.0761 e. The first-order valence-electron chi connectivity index (χ1n) is 4.70. The molecule has 1 rings (SSSR count). The second kappa shape index (κ2) is 4.96. The molecule has 1 fully saturated rings. The predicted molar refractivity (Wildman–Crippen MR) is 50.6 cm³/mol. The van der Waals surface area contributed by atoms with Crippen LogP contribution < -0.4 is 0 Å². The molecule has 0 saturated heterocycles. The van der Waals surface area contributed by atoms with Gasteiger partial charge in [-0.25, -0.2) is 0 Å². The minimum atomic E-state index is 0.695. The highest BCUT2D eigenvalue weighted by molar-refractivity contribution is 5.92. The Kier molecular flexibility index (Phi) is 3.85. The Bertz CT molecular complexity index is 178. The van der Waals surface area contributed by atoms with Crippen molar-refractivity contribution in [2.45, 2.75) is 39.0 Å². The Morgan fingerprint density at radius 1 is 1.33 bits per heavy atom. The molecule has 1 saturated carbocycles. The molecular formula is C10H17NO. The molecule has 0 atom stereocenters. The normalized spacial score (nSPS) is 21.9. The molecule has 68 valence electrons. The number of rotatable bonds is 2. The average molecular weight is 167 g/mol. The van der Waals surface area contributed by atoms with Crippen LogP contribution in [-0.4, -0.2) is 10.9 Å². The molecule has 0 aliphatic heterocycles. The quantitative estimate of drug-likeness (QED) is 0.383. The summed E-state index contributed by atoms with van der Waals surface area (Å²) in [6, 6.07) is 0. The molecule has 0 aromatic carbocycles. The van der Waals surface area contributed by atoms with Crippen molar-refractivity contribution in [3.05, 3.63) is 12.2 Å². The van der Waals surface area contributed by atoms with Crippen LogP contribution in [0, 0.1) is 5.92 Å². The van der Waals surface area contributed by atoms with E-state index in [1.165, 1.54) is 32.1 Å². The fourth-order valence-electron chi connectivity index (χ4n) is 1.64. The molecule has 12 heavy (non-hydrogen) atoms. The van der Waals surface area contributed by atoms with Gasteiger partial charge in [0, 0.05) is 0 Å². The van der Waals surface area contributed by atoms with Crippen LogP contribution in [0.1, 0.15) is 39.0 Å². The van der Waals surface area contributed by atoms with Crippen molar-refractivity contribution in [2.75, 3.05) is 0 Å². The van der Waals surface area contributed by atoms with E-state index in [0.29, 0.717) is 5.71 Å². The molecule has 1 aliphatic carbocycles. The second-order valence-corrected chi connectivity index (χ2v) is 3.50. The van der Waals surface area contributed by atoms with E-state index in [0.717, 1.165) is 5.92 Å². The summed E-state index contributed by atoms with van der Waals surface area (Å²) < 4.78 is 0. The average Bonchev–Trinajstić information content (AvgIpc) is 2.16. The van der Waals surface area contributed by atoms with Gasteiger partial charge in [0.15, 0.2) is 0 Å². The van der Waals surface area contributed by atoms with Gasteiger partial charge in [0.2, 0.25) is 0 Å². The first kappa shape index (κ1) is 9.30. The van der Waals surface area contributed by atoms with Gasteiger partial charge in [0.25, 0.3) is 0 Å². The minimum absolute atomic E-state index is 0.695. The highest BCUT2D eigenvalue weighted by Gasteiger charge is 2.09. The van der Waals surface area contributed by atoms with E-state index in [2.05, 4.69) is 11.2 Å². The fraction of sp³-hybridized carbons (Fsp3) is 0.700. The first-order chi connectivity index (χ1) is 5.83. The van der Waals surface area contributed by atoms with E-state index in [-0.39, 0.29) is 0 Å². The van der Waals surface area contributed by atoms with Gasteiger partial charge < -0.3 is 5.21 Å². The van der Waals surface area contributed by atoms with Gasteiger partial charge >= 0.3 is 0 Å². The number of nitrogens with zero attached hydrogens (tertiary/aromatic N) is 1. The Balaban J connectivity index is 2.33. The molecule has 0 heterocycles. The first-order valence-corrected chi connectivity index (χ1v) is 4.70.